The highest BCUT2D eigenvalue weighted by Crippen LogP contribution is 2.42. The zero-order valence-electron chi connectivity index (χ0n) is 15.6. The summed E-state index contributed by atoms with van der Waals surface area (Å²) < 4.78 is 13.0. The van der Waals surface area contributed by atoms with Gasteiger partial charge in [-0.1, -0.05) is 25.5 Å². The quantitative estimate of drug-likeness (QED) is 0.307. The van der Waals surface area contributed by atoms with E-state index in [2.05, 4.69) is 22.5 Å². The molecule has 1 aromatic carbocycles. The summed E-state index contributed by atoms with van der Waals surface area (Å²) in [5.41, 5.74) is 6.79. The average molecular weight is 476 g/mol. The smallest absolute Gasteiger partial charge is 0.222 e. The fourth-order valence-electron chi connectivity index (χ4n) is 3.22. The summed E-state index contributed by atoms with van der Waals surface area (Å²) in [4.78, 5) is 16.0. The van der Waals surface area contributed by atoms with Crippen molar-refractivity contribution in [1.82, 2.24) is 10.6 Å². The van der Waals surface area contributed by atoms with Gasteiger partial charge in [-0.05, 0) is 48.8 Å². The first-order valence-corrected chi connectivity index (χ1v) is 8.96. The van der Waals surface area contributed by atoms with Crippen molar-refractivity contribution in [2.75, 3.05) is 20.1 Å². The molecular formula is C19H30FIN4O. The lowest BCUT2D eigenvalue weighted by Gasteiger charge is -2.41. The number of nitrogens with one attached hydrogen (secondary N) is 2. The predicted molar refractivity (Wildman–Crippen MR) is 114 cm³/mol. The minimum atomic E-state index is -0.382. The Morgan fingerprint density at radius 1 is 1.31 bits per heavy atom. The van der Waals surface area contributed by atoms with Crippen LogP contribution >= 0.6 is 24.0 Å². The van der Waals surface area contributed by atoms with Gasteiger partial charge < -0.3 is 16.4 Å². The summed E-state index contributed by atoms with van der Waals surface area (Å²) >= 11 is 0. The number of amides is 1. The van der Waals surface area contributed by atoms with Crippen LogP contribution in [0.1, 0.15) is 38.2 Å². The number of nitrogens with two attached hydrogens (primary N) is 1. The van der Waals surface area contributed by atoms with Gasteiger partial charge in [-0.3, -0.25) is 9.79 Å². The van der Waals surface area contributed by atoms with Gasteiger partial charge in [0.1, 0.15) is 5.82 Å². The van der Waals surface area contributed by atoms with Crippen LogP contribution in [0.15, 0.2) is 29.3 Å². The van der Waals surface area contributed by atoms with Crippen molar-refractivity contribution in [3.63, 3.8) is 0 Å². The summed E-state index contributed by atoms with van der Waals surface area (Å²) in [6.45, 7) is 3.51. The third-order valence-electron chi connectivity index (χ3n) is 5.33. The van der Waals surface area contributed by atoms with Gasteiger partial charge in [0.05, 0.1) is 5.92 Å². The van der Waals surface area contributed by atoms with Gasteiger partial charge >= 0.3 is 0 Å². The molecule has 0 saturated heterocycles. The van der Waals surface area contributed by atoms with Gasteiger partial charge in [-0.2, -0.15) is 0 Å². The van der Waals surface area contributed by atoms with Gasteiger partial charge in [-0.25, -0.2) is 4.39 Å². The van der Waals surface area contributed by atoms with Crippen LogP contribution in [0, 0.1) is 17.2 Å². The van der Waals surface area contributed by atoms with Gasteiger partial charge in [0, 0.05) is 20.1 Å². The molecule has 1 amide bonds. The second-order valence-electron chi connectivity index (χ2n) is 6.94. The second kappa shape index (κ2) is 10.7. The fraction of sp³-hybridized carbons (Fsp3) is 0.579. The average Bonchev–Trinajstić information content (AvgIpc) is 2.57. The van der Waals surface area contributed by atoms with E-state index in [4.69, 9.17) is 5.73 Å². The molecule has 1 saturated carbocycles. The van der Waals surface area contributed by atoms with Crippen LogP contribution in [0.25, 0.3) is 0 Å². The van der Waals surface area contributed by atoms with E-state index in [1.165, 1.54) is 31.4 Å². The standard InChI is InChI=1S/C19H29FN4O.HI/c1-3-19(9-4-10-19)13-24-18(22-2)23-12-15(17(21)25)11-14-5-7-16(20)8-6-14;/h5-8,15H,3-4,9-13H2,1-2H3,(H2,21,25)(H2,22,23,24);1H. The predicted octanol–water partition coefficient (Wildman–Crippen LogP) is 2.83. The van der Waals surface area contributed by atoms with Crippen LogP contribution < -0.4 is 16.4 Å². The van der Waals surface area contributed by atoms with Crippen LogP contribution in [-0.2, 0) is 11.2 Å². The zero-order valence-corrected chi connectivity index (χ0v) is 17.9. The molecule has 0 heterocycles. The molecule has 0 aliphatic heterocycles. The summed E-state index contributed by atoms with van der Waals surface area (Å²) in [5.74, 6) is -0.364. The highest BCUT2D eigenvalue weighted by molar-refractivity contribution is 14.0. The molecule has 5 nitrogen and oxygen atoms in total. The minimum absolute atomic E-state index is 0. The lowest BCUT2D eigenvalue weighted by Crippen LogP contribution is -2.48. The van der Waals surface area contributed by atoms with E-state index < -0.39 is 0 Å². The van der Waals surface area contributed by atoms with Crippen molar-refractivity contribution in [2.45, 2.75) is 39.0 Å². The van der Waals surface area contributed by atoms with E-state index in [-0.39, 0.29) is 41.6 Å². The first kappa shape index (κ1) is 22.7. The van der Waals surface area contributed by atoms with Gasteiger partial charge in [0.25, 0.3) is 0 Å². The Hall–Kier alpha value is -1.38. The molecule has 0 radical (unpaired) electrons. The molecule has 1 atom stereocenters. The second-order valence-corrected chi connectivity index (χ2v) is 6.94. The van der Waals surface area contributed by atoms with Crippen molar-refractivity contribution in [2.24, 2.45) is 22.1 Å². The fourth-order valence-corrected chi connectivity index (χ4v) is 3.22. The molecule has 26 heavy (non-hydrogen) atoms. The minimum Gasteiger partial charge on any atom is -0.369 e. The highest BCUT2D eigenvalue weighted by atomic mass is 127. The molecular weight excluding hydrogens is 446 g/mol. The maximum absolute atomic E-state index is 13.0. The number of hydrogen-bond donors (Lipinski definition) is 3. The molecule has 1 aliphatic carbocycles. The summed E-state index contributed by atoms with van der Waals surface area (Å²) in [5, 5.41) is 6.56. The Balaban J connectivity index is 0.00000338. The summed E-state index contributed by atoms with van der Waals surface area (Å²) in [6.07, 6.45) is 5.43. The van der Waals surface area contributed by atoms with E-state index in [1.807, 2.05) is 0 Å². The number of primary amides is 1. The van der Waals surface area contributed by atoms with Crippen molar-refractivity contribution < 1.29 is 9.18 Å². The normalized spacial score (nSPS) is 16.8. The number of benzene rings is 1. The molecule has 7 heteroatoms. The molecule has 146 valence electrons. The first-order chi connectivity index (χ1) is 12.0. The molecule has 0 spiro atoms. The van der Waals surface area contributed by atoms with E-state index in [1.54, 1.807) is 19.2 Å². The largest absolute Gasteiger partial charge is 0.369 e. The summed E-state index contributed by atoms with van der Waals surface area (Å²) in [6, 6.07) is 6.15. The van der Waals surface area contributed by atoms with Gasteiger partial charge in [0.2, 0.25) is 5.91 Å². The Morgan fingerprint density at radius 3 is 2.42 bits per heavy atom. The number of nitrogens with zero attached hydrogens (tertiary/aromatic N) is 1. The summed E-state index contributed by atoms with van der Waals surface area (Å²) in [7, 11) is 1.72. The van der Waals surface area contributed by atoms with Crippen LogP contribution in [0.5, 0.6) is 0 Å². The Kier molecular flexibility index (Phi) is 9.32. The van der Waals surface area contributed by atoms with E-state index in [0.29, 0.717) is 24.3 Å². The highest BCUT2D eigenvalue weighted by Gasteiger charge is 2.34. The maximum Gasteiger partial charge on any atom is 0.222 e. The monoisotopic (exact) mass is 476 g/mol. The molecule has 1 aromatic rings. The maximum atomic E-state index is 13.0. The first-order valence-electron chi connectivity index (χ1n) is 8.96. The van der Waals surface area contributed by atoms with Crippen LogP contribution in [0.4, 0.5) is 4.39 Å². The number of guanidine groups is 1. The van der Waals surface area contributed by atoms with Crippen LogP contribution in [0.3, 0.4) is 0 Å². The van der Waals surface area contributed by atoms with Crippen LogP contribution in [-0.4, -0.2) is 32.0 Å². The van der Waals surface area contributed by atoms with Crippen LogP contribution in [0.2, 0.25) is 0 Å². The van der Waals surface area contributed by atoms with Crippen molar-refractivity contribution in [3.8, 4) is 0 Å². The number of rotatable bonds is 8. The molecule has 2 rings (SSSR count). The Morgan fingerprint density at radius 2 is 1.96 bits per heavy atom. The number of hydrogen-bond acceptors (Lipinski definition) is 2. The topological polar surface area (TPSA) is 79.5 Å². The van der Waals surface area contributed by atoms with E-state index >= 15 is 0 Å². The Labute approximate surface area is 172 Å². The SMILES string of the molecule is CCC1(CNC(=NC)NCC(Cc2ccc(F)cc2)C(N)=O)CCC1.I. The molecule has 4 N–H and O–H groups in total. The van der Waals surface area contributed by atoms with Gasteiger partial charge in [-0.15, -0.1) is 24.0 Å². The third kappa shape index (κ3) is 6.41. The van der Waals surface area contributed by atoms with Crippen molar-refractivity contribution in [1.29, 1.82) is 0 Å². The van der Waals surface area contributed by atoms with Crippen molar-refractivity contribution in [3.05, 3.63) is 35.6 Å². The lowest BCUT2D eigenvalue weighted by molar-refractivity contribution is -0.121. The van der Waals surface area contributed by atoms with E-state index in [9.17, 15) is 9.18 Å². The molecule has 1 fully saturated rings. The molecule has 1 unspecified atom stereocenters. The molecule has 0 bridgehead atoms. The molecule has 0 aromatic heterocycles. The number of carbonyl (C=O) groups is 1. The number of carbonyl (C=O) groups excluding carboxylic acids is 1. The number of halogens is 2. The lowest BCUT2D eigenvalue weighted by atomic mass is 9.67. The zero-order chi connectivity index (χ0) is 18.3. The molecule has 1 aliphatic rings. The Bertz CT molecular complexity index is 597. The van der Waals surface area contributed by atoms with E-state index in [0.717, 1.165) is 18.5 Å². The third-order valence-corrected chi connectivity index (χ3v) is 5.33. The van der Waals surface area contributed by atoms with Crippen molar-refractivity contribution >= 4 is 35.8 Å². The number of aliphatic imine (C=N–C) groups is 1. The van der Waals surface area contributed by atoms with Gasteiger partial charge in [0.15, 0.2) is 5.96 Å².